The number of hydrogen-bond acceptors (Lipinski definition) is 3. The number of piperidine rings is 1. The Hall–Kier alpha value is -1.40. The molecule has 1 N–H and O–H groups in total. The number of aryl methyl sites for hydroxylation is 1. The van der Waals surface area contributed by atoms with E-state index in [9.17, 15) is 13.2 Å². The second kappa shape index (κ2) is 6.61. The average molecular weight is 336 g/mol. The molecule has 0 radical (unpaired) electrons. The van der Waals surface area contributed by atoms with Crippen LogP contribution in [0.5, 0.6) is 0 Å². The smallest absolute Gasteiger partial charge is 0.223 e. The Morgan fingerprint density at radius 1 is 1.22 bits per heavy atom. The molecule has 1 saturated heterocycles. The highest BCUT2D eigenvalue weighted by Gasteiger charge is 2.32. The molecule has 1 heterocycles. The fourth-order valence-corrected chi connectivity index (χ4v) is 4.71. The number of nitrogens with one attached hydrogen (secondary N) is 1. The molecule has 1 aliphatic heterocycles. The molecular formula is C17H24N2O3S. The molecule has 0 bridgehead atoms. The van der Waals surface area contributed by atoms with E-state index < -0.39 is 10.0 Å². The van der Waals surface area contributed by atoms with Crippen molar-refractivity contribution >= 4 is 15.9 Å². The van der Waals surface area contributed by atoms with Crippen LogP contribution in [0.25, 0.3) is 0 Å². The lowest BCUT2D eigenvalue weighted by molar-refractivity contribution is -0.126. The van der Waals surface area contributed by atoms with E-state index >= 15 is 0 Å². The molecule has 1 amide bonds. The topological polar surface area (TPSA) is 66.5 Å². The first kappa shape index (κ1) is 16.5. The first-order chi connectivity index (χ1) is 11.0. The Balaban J connectivity index is 1.57. The molecule has 6 heteroatoms. The largest absolute Gasteiger partial charge is 0.349 e. The second-order valence-corrected chi connectivity index (χ2v) is 8.63. The SMILES string of the molecule is CCS(=O)(=O)N1CCC(C(=O)N[C@H]2CCc3ccccc32)CC1. The van der Waals surface area contributed by atoms with Crippen LogP contribution in [0.3, 0.4) is 0 Å². The molecule has 5 nitrogen and oxygen atoms in total. The van der Waals surface area contributed by atoms with E-state index in [1.807, 2.05) is 12.1 Å². The molecule has 0 saturated carbocycles. The van der Waals surface area contributed by atoms with Gasteiger partial charge in [-0.3, -0.25) is 4.79 Å². The highest BCUT2D eigenvalue weighted by atomic mass is 32.2. The zero-order chi connectivity index (χ0) is 16.4. The van der Waals surface area contributed by atoms with Crippen LogP contribution in [0.15, 0.2) is 24.3 Å². The first-order valence-corrected chi connectivity index (χ1v) is 9.98. The Labute approximate surface area is 138 Å². The van der Waals surface area contributed by atoms with Crippen molar-refractivity contribution in [3.05, 3.63) is 35.4 Å². The van der Waals surface area contributed by atoms with Gasteiger partial charge in [-0.2, -0.15) is 0 Å². The van der Waals surface area contributed by atoms with Crippen LogP contribution < -0.4 is 5.32 Å². The Morgan fingerprint density at radius 3 is 2.61 bits per heavy atom. The van der Waals surface area contributed by atoms with Crippen molar-refractivity contribution in [3.63, 3.8) is 0 Å². The van der Waals surface area contributed by atoms with E-state index in [0.717, 1.165) is 12.8 Å². The quantitative estimate of drug-likeness (QED) is 0.912. The summed E-state index contributed by atoms with van der Waals surface area (Å²) in [5.41, 5.74) is 2.55. The molecule has 1 aromatic rings. The maximum absolute atomic E-state index is 12.5. The van der Waals surface area contributed by atoms with Crippen LogP contribution in [-0.2, 0) is 21.2 Å². The minimum atomic E-state index is -3.13. The van der Waals surface area contributed by atoms with Gasteiger partial charge in [0.25, 0.3) is 0 Å². The van der Waals surface area contributed by atoms with Crippen LogP contribution in [0.1, 0.15) is 43.4 Å². The summed E-state index contributed by atoms with van der Waals surface area (Å²) in [5.74, 6) is 0.120. The number of benzene rings is 1. The predicted molar refractivity (Wildman–Crippen MR) is 89.4 cm³/mol. The zero-order valence-corrected chi connectivity index (χ0v) is 14.3. The van der Waals surface area contributed by atoms with Crippen LogP contribution in [-0.4, -0.2) is 37.5 Å². The van der Waals surface area contributed by atoms with Gasteiger partial charge in [0.15, 0.2) is 0 Å². The molecule has 2 aliphatic rings. The molecular weight excluding hydrogens is 312 g/mol. The fraction of sp³-hybridized carbons (Fsp3) is 0.588. The highest BCUT2D eigenvalue weighted by molar-refractivity contribution is 7.89. The van der Waals surface area contributed by atoms with Crippen molar-refractivity contribution < 1.29 is 13.2 Å². The highest BCUT2D eigenvalue weighted by Crippen LogP contribution is 2.31. The lowest BCUT2D eigenvalue weighted by Gasteiger charge is -2.31. The van der Waals surface area contributed by atoms with Crippen LogP contribution in [0.2, 0.25) is 0 Å². The van der Waals surface area contributed by atoms with Gasteiger partial charge in [-0.15, -0.1) is 0 Å². The number of amides is 1. The van der Waals surface area contributed by atoms with E-state index in [1.54, 1.807) is 6.92 Å². The predicted octanol–water partition coefficient (Wildman–Crippen LogP) is 1.85. The van der Waals surface area contributed by atoms with Crippen LogP contribution >= 0.6 is 0 Å². The third-order valence-electron chi connectivity index (χ3n) is 5.03. The maximum Gasteiger partial charge on any atom is 0.223 e. The lowest BCUT2D eigenvalue weighted by atomic mass is 9.96. The number of fused-ring (bicyclic) bond motifs is 1. The van der Waals surface area contributed by atoms with E-state index in [-0.39, 0.29) is 23.6 Å². The molecule has 1 aliphatic carbocycles. The van der Waals surface area contributed by atoms with Gasteiger partial charge in [-0.05, 0) is 43.7 Å². The van der Waals surface area contributed by atoms with Gasteiger partial charge in [-0.1, -0.05) is 24.3 Å². The molecule has 1 aromatic carbocycles. The fourth-order valence-electron chi connectivity index (χ4n) is 3.58. The standard InChI is InChI=1S/C17H24N2O3S/c1-2-23(21,22)19-11-9-14(10-12-19)17(20)18-16-8-7-13-5-3-4-6-15(13)16/h3-6,14,16H,2,7-12H2,1H3,(H,18,20)/t16-/m0/s1. The Kier molecular flexibility index (Phi) is 4.73. The van der Waals surface area contributed by atoms with E-state index in [0.29, 0.717) is 25.9 Å². The molecule has 0 unspecified atom stereocenters. The van der Waals surface area contributed by atoms with Crippen molar-refractivity contribution in [2.24, 2.45) is 5.92 Å². The van der Waals surface area contributed by atoms with E-state index in [2.05, 4.69) is 17.4 Å². The first-order valence-electron chi connectivity index (χ1n) is 8.37. The van der Waals surface area contributed by atoms with Gasteiger partial charge in [0.2, 0.25) is 15.9 Å². The zero-order valence-electron chi connectivity index (χ0n) is 13.5. The summed E-state index contributed by atoms with van der Waals surface area (Å²) in [6.07, 6.45) is 3.18. The molecule has 0 spiro atoms. The van der Waals surface area contributed by atoms with Gasteiger partial charge in [-0.25, -0.2) is 12.7 Å². The van der Waals surface area contributed by atoms with E-state index in [4.69, 9.17) is 0 Å². The molecule has 23 heavy (non-hydrogen) atoms. The normalized spacial score (nSPS) is 22.7. The molecule has 3 rings (SSSR count). The number of hydrogen-bond donors (Lipinski definition) is 1. The van der Waals surface area contributed by atoms with E-state index in [1.165, 1.54) is 15.4 Å². The van der Waals surface area contributed by atoms with Crippen LogP contribution in [0, 0.1) is 5.92 Å². The van der Waals surface area contributed by atoms with Crippen molar-refractivity contribution in [1.29, 1.82) is 0 Å². The molecule has 1 atom stereocenters. The Bertz CT molecular complexity index is 679. The van der Waals surface area contributed by atoms with Gasteiger partial charge >= 0.3 is 0 Å². The number of carbonyl (C=O) groups excluding carboxylic acids is 1. The van der Waals surface area contributed by atoms with Crippen molar-refractivity contribution in [1.82, 2.24) is 9.62 Å². The number of sulfonamides is 1. The monoisotopic (exact) mass is 336 g/mol. The van der Waals surface area contributed by atoms with Crippen molar-refractivity contribution in [3.8, 4) is 0 Å². The molecule has 1 fully saturated rings. The van der Waals surface area contributed by atoms with Crippen molar-refractivity contribution in [2.75, 3.05) is 18.8 Å². The number of carbonyl (C=O) groups is 1. The van der Waals surface area contributed by atoms with Gasteiger partial charge < -0.3 is 5.32 Å². The Morgan fingerprint density at radius 2 is 1.91 bits per heavy atom. The summed E-state index contributed by atoms with van der Waals surface area (Å²) in [6.45, 7) is 2.57. The lowest BCUT2D eigenvalue weighted by Crippen LogP contribution is -2.43. The van der Waals surface area contributed by atoms with Gasteiger partial charge in [0.05, 0.1) is 11.8 Å². The maximum atomic E-state index is 12.5. The minimum absolute atomic E-state index is 0.0697. The average Bonchev–Trinajstić information content (AvgIpc) is 2.98. The van der Waals surface area contributed by atoms with Crippen LogP contribution in [0.4, 0.5) is 0 Å². The number of rotatable bonds is 4. The third-order valence-corrected chi connectivity index (χ3v) is 6.91. The van der Waals surface area contributed by atoms with Crippen molar-refractivity contribution in [2.45, 2.75) is 38.6 Å². The summed E-state index contributed by atoms with van der Waals surface area (Å²) in [5, 5.41) is 3.17. The summed E-state index contributed by atoms with van der Waals surface area (Å²) in [7, 11) is -3.13. The number of nitrogens with zero attached hydrogens (tertiary/aromatic N) is 1. The summed E-state index contributed by atoms with van der Waals surface area (Å²) in [6, 6.07) is 8.36. The summed E-state index contributed by atoms with van der Waals surface area (Å²) in [4.78, 5) is 12.5. The van der Waals surface area contributed by atoms with Gasteiger partial charge in [0.1, 0.15) is 0 Å². The molecule has 126 valence electrons. The summed E-state index contributed by atoms with van der Waals surface area (Å²) < 4.78 is 25.3. The summed E-state index contributed by atoms with van der Waals surface area (Å²) >= 11 is 0. The second-order valence-electron chi connectivity index (χ2n) is 6.37. The third kappa shape index (κ3) is 3.43. The minimum Gasteiger partial charge on any atom is -0.349 e. The van der Waals surface area contributed by atoms with Gasteiger partial charge in [0, 0.05) is 19.0 Å². The molecule has 0 aromatic heterocycles.